The highest BCUT2D eigenvalue weighted by Gasteiger charge is 2.35. The number of amides is 2. The predicted molar refractivity (Wildman–Crippen MR) is 151 cm³/mol. The van der Waals surface area contributed by atoms with E-state index in [1.807, 2.05) is 67.6 Å². The average molecular weight is 555 g/mol. The molecule has 210 valence electrons. The van der Waals surface area contributed by atoms with Crippen LogP contribution in [0.4, 0.5) is 0 Å². The van der Waals surface area contributed by atoms with Gasteiger partial charge in [0.25, 0.3) is 11.8 Å². The second kappa shape index (κ2) is 13.4. The van der Waals surface area contributed by atoms with Crippen molar-refractivity contribution in [1.29, 1.82) is 5.26 Å². The number of nitrogens with zero attached hydrogens (tertiary/aromatic N) is 4. The van der Waals surface area contributed by atoms with Gasteiger partial charge in [0.1, 0.15) is 24.0 Å². The lowest BCUT2D eigenvalue weighted by molar-refractivity contribution is -0.142. The first kappa shape index (κ1) is 29.0. The average Bonchev–Trinajstić information content (AvgIpc) is 3.39. The number of aromatic nitrogens is 2. The number of imide groups is 1. The minimum atomic E-state index is -0.678. The smallest absolute Gasteiger partial charge is 0.302 e. The maximum atomic E-state index is 13.6. The van der Waals surface area contributed by atoms with Crippen LogP contribution in [0.1, 0.15) is 26.3 Å². The third-order valence-electron chi connectivity index (χ3n) is 6.32. The van der Waals surface area contributed by atoms with Crippen molar-refractivity contribution in [3.8, 4) is 28.8 Å². The Labute approximate surface area is 238 Å². The molecule has 1 aliphatic heterocycles. The van der Waals surface area contributed by atoms with E-state index in [1.165, 1.54) is 6.92 Å². The fourth-order valence-corrected chi connectivity index (χ4v) is 4.30. The summed E-state index contributed by atoms with van der Waals surface area (Å²) in [7, 11) is 0. The Bertz CT molecular complexity index is 1530. The van der Waals surface area contributed by atoms with Gasteiger partial charge in [-0.15, -0.1) is 0 Å². The molecule has 10 nitrogen and oxygen atoms in total. The van der Waals surface area contributed by atoms with E-state index in [4.69, 9.17) is 19.3 Å². The van der Waals surface area contributed by atoms with Gasteiger partial charge in [-0.25, -0.2) is 4.68 Å². The number of ether oxygens (including phenoxy) is 3. The minimum absolute atomic E-state index is 0.0210. The Hall–Kier alpha value is -5.01. The van der Waals surface area contributed by atoms with Crippen molar-refractivity contribution in [1.82, 2.24) is 14.7 Å². The number of benzene rings is 2. The van der Waals surface area contributed by atoms with Crippen molar-refractivity contribution in [2.24, 2.45) is 0 Å². The van der Waals surface area contributed by atoms with Crippen LogP contribution in [0.2, 0.25) is 0 Å². The first-order valence-corrected chi connectivity index (χ1v) is 13.1. The predicted octanol–water partition coefficient (Wildman–Crippen LogP) is 4.11. The maximum absolute atomic E-state index is 13.6. The second-order valence-corrected chi connectivity index (χ2v) is 9.05. The summed E-state index contributed by atoms with van der Waals surface area (Å²) in [6, 6.07) is 19.0. The van der Waals surface area contributed by atoms with Crippen molar-refractivity contribution < 1.29 is 28.6 Å². The molecule has 2 amide bonds. The van der Waals surface area contributed by atoms with E-state index >= 15 is 0 Å². The van der Waals surface area contributed by atoms with Crippen LogP contribution in [0, 0.1) is 11.3 Å². The number of para-hydroxylation sites is 1. The number of nitriles is 1. The van der Waals surface area contributed by atoms with Crippen LogP contribution < -0.4 is 4.74 Å². The van der Waals surface area contributed by atoms with Gasteiger partial charge >= 0.3 is 5.97 Å². The minimum Gasteiger partial charge on any atom is -0.494 e. The van der Waals surface area contributed by atoms with Crippen molar-refractivity contribution in [2.75, 3.05) is 33.0 Å². The zero-order chi connectivity index (χ0) is 29.4. The molecule has 0 unspecified atom stereocenters. The van der Waals surface area contributed by atoms with Crippen LogP contribution in [0.5, 0.6) is 5.75 Å². The Morgan fingerprint density at radius 2 is 1.76 bits per heavy atom. The molecule has 0 fully saturated rings. The molecular weight excluding hydrogens is 524 g/mol. The summed E-state index contributed by atoms with van der Waals surface area (Å²) in [4.78, 5) is 38.5. The zero-order valence-corrected chi connectivity index (χ0v) is 23.1. The molecule has 3 aromatic rings. The van der Waals surface area contributed by atoms with Gasteiger partial charge in [0.15, 0.2) is 0 Å². The summed E-state index contributed by atoms with van der Waals surface area (Å²) in [5, 5.41) is 14.6. The first-order valence-electron chi connectivity index (χ1n) is 13.1. The molecule has 0 saturated heterocycles. The maximum Gasteiger partial charge on any atom is 0.302 e. The fourth-order valence-electron chi connectivity index (χ4n) is 4.30. The lowest BCUT2D eigenvalue weighted by Gasteiger charge is -2.27. The van der Waals surface area contributed by atoms with Crippen molar-refractivity contribution >= 4 is 23.9 Å². The molecule has 4 rings (SSSR count). The Kier molecular flexibility index (Phi) is 9.45. The standard InChI is InChI=1S/C31H30N4O6/c1-4-40-26-12-10-23(11-13-26)29-24(20-35(33-29)25-8-6-5-7-9-25)18-27-21(2)28(19-32)31(38)34(30(27)37)14-15-39-16-17-41-22(3)36/h5-13,18,20H,4,14-17H2,1-3H3/b27-18+. The quantitative estimate of drug-likeness (QED) is 0.150. The Morgan fingerprint density at radius 1 is 1.02 bits per heavy atom. The molecule has 1 aliphatic rings. The fraction of sp³-hybridized carbons (Fsp3) is 0.258. The zero-order valence-electron chi connectivity index (χ0n) is 23.1. The molecule has 0 spiro atoms. The molecule has 0 aliphatic carbocycles. The lowest BCUT2D eigenvalue weighted by atomic mass is 9.93. The first-order chi connectivity index (χ1) is 19.8. The van der Waals surface area contributed by atoms with E-state index in [0.717, 1.165) is 21.9 Å². The summed E-state index contributed by atoms with van der Waals surface area (Å²) in [5.41, 5.74) is 3.25. The van der Waals surface area contributed by atoms with E-state index < -0.39 is 17.8 Å². The largest absolute Gasteiger partial charge is 0.494 e. The lowest BCUT2D eigenvalue weighted by Crippen LogP contribution is -2.44. The number of hydrogen-bond acceptors (Lipinski definition) is 8. The van der Waals surface area contributed by atoms with Gasteiger partial charge < -0.3 is 14.2 Å². The molecule has 1 aromatic heterocycles. The van der Waals surface area contributed by atoms with Crippen molar-refractivity contribution in [3.63, 3.8) is 0 Å². The molecule has 2 heterocycles. The number of carbonyl (C=O) groups excluding carboxylic acids is 3. The third kappa shape index (κ3) is 6.77. The molecule has 0 bridgehead atoms. The number of hydrogen-bond donors (Lipinski definition) is 0. The van der Waals surface area contributed by atoms with E-state index in [2.05, 4.69) is 0 Å². The van der Waals surface area contributed by atoms with Gasteiger partial charge in [0, 0.05) is 29.8 Å². The monoisotopic (exact) mass is 554 g/mol. The van der Waals surface area contributed by atoms with Crippen LogP contribution in [0.3, 0.4) is 0 Å². The number of esters is 1. The summed E-state index contributed by atoms with van der Waals surface area (Å²) in [6.45, 7) is 5.46. The third-order valence-corrected chi connectivity index (χ3v) is 6.32. The molecule has 0 saturated carbocycles. The van der Waals surface area contributed by atoms with Crippen LogP contribution in [0.15, 0.2) is 77.5 Å². The molecule has 0 atom stereocenters. The van der Waals surface area contributed by atoms with E-state index in [-0.39, 0.29) is 37.5 Å². The van der Waals surface area contributed by atoms with E-state index in [9.17, 15) is 19.6 Å². The number of rotatable bonds is 11. The molecule has 0 N–H and O–H groups in total. The van der Waals surface area contributed by atoms with Crippen LogP contribution in [0.25, 0.3) is 23.0 Å². The Morgan fingerprint density at radius 3 is 2.41 bits per heavy atom. The topological polar surface area (TPSA) is 124 Å². The van der Waals surface area contributed by atoms with E-state index in [0.29, 0.717) is 23.4 Å². The van der Waals surface area contributed by atoms with Gasteiger partial charge in [-0.05, 0) is 61.9 Å². The Balaban J connectivity index is 1.70. The SMILES string of the molecule is CCOc1ccc(-c2nn(-c3ccccc3)cc2/C=C2/C(=O)N(CCOCCOC(C)=O)C(=O)C(C#N)=C2C)cc1. The van der Waals surface area contributed by atoms with Gasteiger partial charge in [-0.1, -0.05) is 18.2 Å². The van der Waals surface area contributed by atoms with Crippen LogP contribution in [-0.2, 0) is 23.9 Å². The van der Waals surface area contributed by atoms with Crippen molar-refractivity contribution in [2.45, 2.75) is 20.8 Å². The highest BCUT2D eigenvalue weighted by Crippen LogP contribution is 2.31. The normalized spacial score (nSPS) is 14.4. The molecule has 0 radical (unpaired) electrons. The van der Waals surface area contributed by atoms with Gasteiger partial charge in [0.2, 0.25) is 0 Å². The second-order valence-electron chi connectivity index (χ2n) is 9.05. The van der Waals surface area contributed by atoms with Gasteiger partial charge in [-0.2, -0.15) is 10.4 Å². The van der Waals surface area contributed by atoms with Crippen LogP contribution >= 0.6 is 0 Å². The highest BCUT2D eigenvalue weighted by atomic mass is 16.6. The summed E-state index contributed by atoms with van der Waals surface area (Å²) >= 11 is 0. The summed E-state index contributed by atoms with van der Waals surface area (Å²) in [5.74, 6) is -0.922. The molecular formula is C31H30N4O6. The number of carbonyl (C=O) groups is 3. The molecule has 41 heavy (non-hydrogen) atoms. The molecule has 2 aromatic carbocycles. The van der Waals surface area contributed by atoms with Crippen molar-refractivity contribution in [3.05, 3.63) is 83.1 Å². The van der Waals surface area contributed by atoms with Gasteiger partial charge in [-0.3, -0.25) is 19.3 Å². The molecule has 10 heteroatoms. The van der Waals surface area contributed by atoms with Gasteiger partial charge in [0.05, 0.1) is 37.7 Å². The van der Waals surface area contributed by atoms with E-state index in [1.54, 1.807) is 23.9 Å². The summed E-state index contributed by atoms with van der Waals surface area (Å²) in [6.07, 6.45) is 3.47. The highest BCUT2D eigenvalue weighted by molar-refractivity contribution is 6.19. The van der Waals surface area contributed by atoms with Crippen LogP contribution in [-0.4, -0.2) is 65.4 Å². The summed E-state index contributed by atoms with van der Waals surface area (Å²) < 4.78 is 17.5.